The molecule has 1 fully saturated rings. The lowest BCUT2D eigenvalue weighted by Gasteiger charge is -2.35. The average Bonchev–Trinajstić information content (AvgIpc) is 3.18. The highest BCUT2D eigenvalue weighted by Crippen LogP contribution is 2.30. The second-order valence-electron chi connectivity index (χ2n) is 7.22. The van der Waals surface area contributed by atoms with Crippen molar-refractivity contribution < 1.29 is 14.3 Å². The fourth-order valence-corrected chi connectivity index (χ4v) is 3.91. The Balaban J connectivity index is 1.57. The molecule has 0 radical (unpaired) electrons. The molecule has 6 nitrogen and oxygen atoms in total. The van der Waals surface area contributed by atoms with Crippen LogP contribution in [-0.4, -0.2) is 60.9 Å². The van der Waals surface area contributed by atoms with Crippen molar-refractivity contribution in [2.75, 3.05) is 33.3 Å². The van der Waals surface area contributed by atoms with E-state index in [1.54, 1.807) is 19.2 Å². The third-order valence-corrected chi connectivity index (χ3v) is 5.13. The van der Waals surface area contributed by atoms with Crippen LogP contribution in [0.4, 0.5) is 0 Å². The van der Waals surface area contributed by atoms with Crippen LogP contribution in [0.2, 0.25) is 5.02 Å². The first kappa shape index (κ1) is 20.7. The van der Waals surface area contributed by atoms with E-state index in [1.807, 2.05) is 29.1 Å². The molecule has 1 aromatic heterocycles. The first-order valence-corrected chi connectivity index (χ1v) is 10.0. The van der Waals surface area contributed by atoms with Crippen LogP contribution in [-0.2, 0) is 4.74 Å². The fourth-order valence-electron chi connectivity index (χ4n) is 3.65. The number of morpholine rings is 1. The van der Waals surface area contributed by atoms with Gasteiger partial charge in [0.2, 0.25) is 0 Å². The van der Waals surface area contributed by atoms with E-state index >= 15 is 0 Å². The van der Waals surface area contributed by atoms with E-state index in [9.17, 15) is 4.79 Å². The molecule has 152 valence electrons. The van der Waals surface area contributed by atoms with Crippen molar-refractivity contribution in [3.05, 3.63) is 47.2 Å². The number of hydrogen-bond acceptors (Lipinski definition) is 4. The number of carbonyl (C=O) groups is 1. The number of methoxy groups -OCH3 is 1. The van der Waals surface area contributed by atoms with E-state index in [0.29, 0.717) is 22.9 Å². The van der Waals surface area contributed by atoms with Crippen LogP contribution < -0.4 is 10.1 Å². The number of carbonyl (C=O) groups excluding carboxylic acids is 1. The van der Waals surface area contributed by atoms with Crippen LogP contribution in [0.15, 0.2) is 36.7 Å². The molecule has 7 heteroatoms. The molecule has 1 saturated heterocycles. The Bertz CT molecular complexity index is 784. The van der Waals surface area contributed by atoms with Gasteiger partial charge in [-0.25, -0.2) is 0 Å². The highest BCUT2D eigenvalue weighted by Gasteiger charge is 2.21. The van der Waals surface area contributed by atoms with Gasteiger partial charge in [0.1, 0.15) is 5.75 Å². The second kappa shape index (κ2) is 9.45. The summed E-state index contributed by atoms with van der Waals surface area (Å²) in [5.74, 6) is 0.322. The van der Waals surface area contributed by atoms with Gasteiger partial charge in [0.05, 0.1) is 35.6 Å². The van der Waals surface area contributed by atoms with Crippen LogP contribution in [0.5, 0.6) is 5.75 Å². The summed E-state index contributed by atoms with van der Waals surface area (Å²) in [5.41, 5.74) is 1.22. The largest absolute Gasteiger partial charge is 0.496 e. The Labute approximate surface area is 171 Å². The van der Waals surface area contributed by atoms with Gasteiger partial charge in [0, 0.05) is 44.6 Å². The van der Waals surface area contributed by atoms with E-state index < -0.39 is 0 Å². The number of halogens is 1. The van der Waals surface area contributed by atoms with Gasteiger partial charge >= 0.3 is 0 Å². The molecule has 0 saturated carbocycles. The van der Waals surface area contributed by atoms with Gasteiger partial charge in [-0.2, -0.15) is 0 Å². The summed E-state index contributed by atoms with van der Waals surface area (Å²) in [6.45, 7) is 7.59. The van der Waals surface area contributed by atoms with Crippen molar-refractivity contribution in [3.63, 3.8) is 0 Å². The van der Waals surface area contributed by atoms with Crippen molar-refractivity contribution in [1.29, 1.82) is 0 Å². The van der Waals surface area contributed by atoms with Crippen molar-refractivity contribution in [3.8, 4) is 11.4 Å². The Morgan fingerprint density at radius 2 is 1.93 bits per heavy atom. The van der Waals surface area contributed by atoms with Crippen molar-refractivity contribution in [1.82, 2.24) is 14.8 Å². The molecule has 1 aliphatic heterocycles. The number of benzene rings is 1. The Morgan fingerprint density at radius 3 is 2.57 bits per heavy atom. The number of nitrogens with one attached hydrogen (secondary N) is 1. The minimum atomic E-state index is -0.179. The minimum Gasteiger partial charge on any atom is -0.496 e. The molecular formula is C21H28ClN3O3. The predicted octanol–water partition coefficient (Wildman–Crippen LogP) is 3.37. The Hall–Kier alpha value is -2.02. The maximum absolute atomic E-state index is 12.6. The first-order chi connectivity index (χ1) is 13.5. The Morgan fingerprint density at radius 1 is 1.25 bits per heavy atom. The number of nitrogens with zero attached hydrogens (tertiary/aromatic N) is 2. The Kier molecular flexibility index (Phi) is 6.99. The molecule has 2 aromatic rings. The number of ether oxygens (including phenoxy) is 2. The molecule has 0 spiro atoms. The molecule has 2 unspecified atom stereocenters. The van der Waals surface area contributed by atoms with Crippen LogP contribution >= 0.6 is 11.6 Å². The van der Waals surface area contributed by atoms with Crippen molar-refractivity contribution in [2.24, 2.45) is 0 Å². The maximum Gasteiger partial charge on any atom is 0.255 e. The van der Waals surface area contributed by atoms with Crippen LogP contribution in [0.3, 0.4) is 0 Å². The van der Waals surface area contributed by atoms with Crippen molar-refractivity contribution in [2.45, 2.75) is 32.5 Å². The predicted molar refractivity (Wildman–Crippen MR) is 111 cm³/mol. The van der Waals surface area contributed by atoms with Crippen LogP contribution in [0.25, 0.3) is 5.69 Å². The maximum atomic E-state index is 12.6. The topological polar surface area (TPSA) is 55.7 Å². The van der Waals surface area contributed by atoms with Gasteiger partial charge in [-0.15, -0.1) is 0 Å². The summed E-state index contributed by atoms with van der Waals surface area (Å²) in [5, 5.41) is 3.47. The quantitative estimate of drug-likeness (QED) is 0.717. The highest BCUT2D eigenvalue weighted by molar-refractivity contribution is 6.33. The zero-order chi connectivity index (χ0) is 20.1. The first-order valence-electron chi connectivity index (χ1n) is 9.65. The van der Waals surface area contributed by atoms with Gasteiger partial charge < -0.3 is 19.4 Å². The molecule has 1 aliphatic rings. The molecule has 2 heterocycles. The van der Waals surface area contributed by atoms with Gasteiger partial charge in [-0.3, -0.25) is 9.69 Å². The standard InChI is InChI=1S/C21H28ClN3O3/c1-15-13-24(14-16(2)28-15)8-6-7-23-21(26)17-11-18(22)19(12-20(17)27-3)25-9-4-5-10-25/h4-5,9-12,15-16H,6-8,13-14H2,1-3H3,(H,23,26). The fraction of sp³-hybridized carbons (Fsp3) is 0.476. The van der Waals surface area contributed by atoms with Gasteiger partial charge in [-0.05, 0) is 38.5 Å². The van der Waals surface area contributed by atoms with E-state index in [2.05, 4.69) is 24.1 Å². The van der Waals surface area contributed by atoms with Gasteiger partial charge in [-0.1, -0.05) is 11.6 Å². The van der Waals surface area contributed by atoms with Gasteiger partial charge in [0.15, 0.2) is 0 Å². The van der Waals surface area contributed by atoms with E-state index in [1.165, 1.54) is 0 Å². The number of amides is 1. The summed E-state index contributed by atoms with van der Waals surface area (Å²) in [7, 11) is 1.56. The zero-order valence-electron chi connectivity index (χ0n) is 16.7. The van der Waals surface area contributed by atoms with E-state index in [4.69, 9.17) is 21.1 Å². The van der Waals surface area contributed by atoms with E-state index in [0.717, 1.165) is 31.7 Å². The molecule has 28 heavy (non-hydrogen) atoms. The summed E-state index contributed by atoms with van der Waals surface area (Å²) >= 11 is 6.41. The van der Waals surface area contributed by atoms with E-state index in [-0.39, 0.29) is 18.1 Å². The molecule has 1 N–H and O–H groups in total. The SMILES string of the molecule is COc1cc(-n2cccc2)c(Cl)cc1C(=O)NCCCN1CC(C)OC(C)C1. The highest BCUT2D eigenvalue weighted by atomic mass is 35.5. The molecule has 0 bridgehead atoms. The molecule has 1 amide bonds. The summed E-state index contributed by atoms with van der Waals surface area (Å²) in [6.07, 6.45) is 5.18. The third kappa shape index (κ3) is 5.07. The molecule has 2 atom stereocenters. The monoisotopic (exact) mass is 405 g/mol. The second-order valence-corrected chi connectivity index (χ2v) is 7.63. The van der Waals surface area contributed by atoms with Crippen LogP contribution in [0, 0.1) is 0 Å². The summed E-state index contributed by atoms with van der Waals surface area (Å²) < 4.78 is 13.1. The number of hydrogen-bond donors (Lipinski definition) is 1. The zero-order valence-corrected chi connectivity index (χ0v) is 17.4. The lowest BCUT2D eigenvalue weighted by molar-refractivity contribution is -0.0680. The molecule has 3 rings (SSSR count). The summed E-state index contributed by atoms with van der Waals surface area (Å²) in [6, 6.07) is 7.28. The molecule has 0 aliphatic carbocycles. The van der Waals surface area contributed by atoms with Crippen LogP contribution in [0.1, 0.15) is 30.6 Å². The lowest BCUT2D eigenvalue weighted by atomic mass is 10.1. The van der Waals surface area contributed by atoms with Gasteiger partial charge in [0.25, 0.3) is 5.91 Å². The smallest absolute Gasteiger partial charge is 0.255 e. The minimum absolute atomic E-state index is 0.179. The average molecular weight is 406 g/mol. The molecular weight excluding hydrogens is 378 g/mol. The summed E-state index contributed by atoms with van der Waals surface area (Å²) in [4.78, 5) is 15.0. The normalized spacial score (nSPS) is 20.1. The molecule has 1 aromatic carbocycles. The number of rotatable bonds is 7. The lowest BCUT2D eigenvalue weighted by Crippen LogP contribution is -2.46. The van der Waals surface area contributed by atoms with Crippen molar-refractivity contribution >= 4 is 17.5 Å². The third-order valence-electron chi connectivity index (χ3n) is 4.83. The number of aromatic nitrogens is 1.